The summed E-state index contributed by atoms with van der Waals surface area (Å²) in [5.41, 5.74) is 3.57. The molecule has 0 fully saturated rings. The molecule has 3 N–H and O–H groups in total. The maximum absolute atomic E-state index is 10.8. The van der Waals surface area contributed by atoms with Gasteiger partial charge in [-0.05, 0) is 43.2 Å². The summed E-state index contributed by atoms with van der Waals surface area (Å²) in [5.74, 6) is 0.573. The predicted molar refractivity (Wildman–Crippen MR) is 111 cm³/mol. The molecule has 0 atom stereocenters. The van der Waals surface area contributed by atoms with Gasteiger partial charge in [-0.2, -0.15) is 0 Å². The van der Waals surface area contributed by atoms with Gasteiger partial charge in [-0.3, -0.25) is 4.79 Å². The molecule has 0 bridgehead atoms. The number of nitrogens with one attached hydrogen (secondary N) is 1. The Labute approximate surface area is 167 Å². The summed E-state index contributed by atoms with van der Waals surface area (Å²) in [6.45, 7) is 4.17. The van der Waals surface area contributed by atoms with Crippen LogP contribution in [0.25, 0.3) is 10.7 Å². The highest BCUT2D eigenvalue weighted by molar-refractivity contribution is 7.15. The van der Waals surface area contributed by atoms with Gasteiger partial charge in [-0.1, -0.05) is 19.1 Å². The van der Waals surface area contributed by atoms with Crippen molar-refractivity contribution in [3.8, 4) is 10.7 Å². The maximum atomic E-state index is 10.8. The summed E-state index contributed by atoms with van der Waals surface area (Å²) in [7, 11) is 0. The van der Waals surface area contributed by atoms with Crippen molar-refractivity contribution >= 4 is 28.8 Å². The van der Waals surface area contributed by atoms with Crippen LogP contribution in [0.5, 0.6) is 0 Å². The molecule has 3 aromatic rings. The molecule has 6 nitrogen and oxygen atoms in total. The van der Waals surface area contributed by atoms with Gasteiger partial charge in [-0.15, -0.1) is 11.3 Å². The standard InChI is InChI=1S/C21H23N3O3S/c1-3-17-13(2)22-21(18-9-8-16(28-18)10-11-25)24-20(17)23-15-6-4-14(5-7-15)12-19(26)27/h4-9,25H,3,10-12H2,1-2H3,(H,26,27)(H,22,23,24). The second-order valence-electron chi connectivity index (χ2n) is 6.45. The number of nitrogens with zero attached hydrogens (tertiary/aromatic N) is 2. The van der Waals surface area contributed by atoms with Crippen LogP contribution in [0.15, 0.2) is 36.4 Å². The van der Waals surface area contributed by atoms with Crippen molar-refractivity contribution < 1.29 is 15.0 Å². The number of rotatable bonds is 8. The fourth-order valence-electron chi connectivity index (χ4n) is 2.99. The smallest absolute Gasteiger partial charge is 0.307 e. The molecule has 0 radical (unpaired) electrons. The number of benzene rings is 1. The van der Waals surface area contributed by atoms with Gasteiger partial charge in [0.25, 0.3) is 0 Å². The molecule has 0 aliphatic rings. The summed E-state index contributed by atoms with van der Waals surface area (Å²) >= 11 is 1.59. The third-order valence-corrected chi connectivity index (χ3v) is 5.52. The molecule has 1 aromatic carbocycles. The Kier molecular flexibility index (Phi) is 6.38. The van der Waals surface area contributed by atoms with Crippen LogP contribution in [-0.2, 0) is 24.1 Å². The number of aliphatic hydroxyl groups is 1. The van der Waals surface area contributed by atoms with E-state index in [1.807, 2.05) is 31.2 Å². The zero-order valence-electron chi connectivity index (χ0n) is 15.9. The zero-order valence-corrected chi connectivity index (χ0v) is 16.7. The molecule has 3 rings (SSSR count). The Bertz CT molecular complexity index is 968. The molecule has 28 heavy (non-hydrogen) atoms. The van der Waals surface area contributed by atoms with Crippen molar-refractivity contribution in [2.24, 2.45) is 0 Å². The summed E-state index contributed by atoms with van der Waals surface area (Å²) in [6.07, 6.45) is 1.43. The molecule has 146 valence electrons. The number of carboxylic acids is 1. The number of hydrogen-bond donors (Lipinski definition) is 3. The summed E-state index contributed by atoms with van der Waals surface area (Å²) in [4.78, 5) is 22.3. The van der Waals surface area contributed by atoms with Gasteiger partial charge in [0.05, 0.1) is 11.3 Å². The lowest BCUT2D eigenvalue weighted by molar-refractivity contribution is -0.136. The molecule has 2 heterocycles. The molecule has 7 heteroatoms. The monoisotopic (exact) mass is 397 g/mol. The van der Waals surface area contributed by atoms with Gasteiger partial charge in [0, 0.05) is 34.8 Å². The van der Waals surface area contributed by atoms with Crippen LogP contribution in [0.2, 0.25) is 0 Å². The number of aromatic nitrogens is 2. The molecule has 2 aromatic heterocycles. The first-order chi connectivity index (χ1) is 13.5. The Balaban J connectivity index is 1.90. The van der Waals surface area contributed by atoms with Crippen molar-refractivity contribution in [1.82, 2.24) is 9.97 Å². The number of hydrogen-bond acceptors (Lipinski definition) is 6. The van der Waals surface area contributed by atoms with Crippen LogP contribution < -0.4 is 5.32 Å². The molecule has 0 unspecified atom stereocenters. The molecule has 0 aliphatic carbocycles. The molecule has 0 saturated carbocycles. The topological polar surface area (TPSA) is 95.3 Å². The number of aliphatic carboxylic acids is 1. The van der Waals surface area contributed by atoms with Crippen LogP contribution in [0.3, 0.4) is 0 Å². The zero-order chi connectivity index (χ0) is 20.1. The van der Waals surface area contributed by atoms with E-state index in [2.05, 4.69) is 17.2 Å². The van der Waals surface area contributed by atoms with Crippen LogP contribution in [0, 0.1) is 6.92 Å². The van der Waals surface area contributed by atoms with Gasteiger partial charge in [0.2, 0.25) is 0 Å². The molecular weight excluding hydrogens is 374 g/mol. The molecule has 0 amide bonds. The fraction of sp³-hybridized carbons (Fsp3) is 0.286. The Morgan fingerprint density at radius 3 is 2.54 bits per heavy atom. The average Bonchev–Trinajstić information content (AvgIpc) is 3.12. The van der Waals surface area contributed by atoms with Crippen LogP contribution >= 0.6 is 11.3 Å². The van der Waals surface area contributed by atoms with Gasteiger partial charge >= 0.3 is 5.97 Å². The van der Waals surface area contributed by atoms with E-state index in [1.165, 1.54) is 0 Å². The van der Waals surface area contributed by atoms with Crippen molar-refractivity contribution in [2.45, 2.75) is 33.1 Å². The third kappa shape index (κ3) is 4.74. The minimum absolute atomic E-state index is 0.00576. The largest absolute Gasteiger partial charge is 0.481 e. The Hall–Kier alpha value is -2.77. The lowest BCUT2D eigenvalue weighted by atomic mass is 10.1. The van der Waals surface area contributed by atoms with Crippen molar-refractivity contribution in [2.75, 3.05) is 11.9 Å². The van der Waals surface area contributed by atoms with Crippen molar-refractivity contribution in [3.05, 3.63) is 58.1 Å². The van der Waals surface area contributed by atoms with Crippen LogP contribution in [0.1, 0.15) is 28.6 Å². The lowest BCUT2D eigenvalue weighted by Gasteiger charge is -2.14. The van der Waals surface area contributed by atoms with Crippen LogP contribution in [0.4, 0.5) is 11.5 Å². The van der Waals surface area contributed by atoms with E-state index in [1.54, 1.807) is 23.5 Å². The van der Waals surface area contributed by atoms with E-state index >= 15 is 0 Å². The predicted octanol–water partition coefficient (Wildman–Crippen LogP) is 3.98. The van der Waals surface area contributed by atoms with Crippen molar-refractivity contribution in [1.29, 1.82) is 0 Å². The Morgan fingerprint density at radius 1 is 1.14 bits per heavy atom. The van der Waals surface area contributed by atoms with E-state index in [0.29, 0.717) is 12.2 Å². The summed E-state index contributed by atoms with van der Waals surface area (Å²) in [6, 6.07) is 11.3. The quantitative estimate of drug-likeness (QED) is 0.532. The third-order valence-electron chi connectivity index (χ3n) is 4.38. The minimum atomic E-state index is -0.846. The number of aryl methyl sites for hydroxylation is 1. The number of anilines is 2. The highest BCUT2D eigenvalue weighted by atomic mass is 32.1. The Morgan fingerprint density at radius 2 is 1.89 bits per heavy atom. The van der Waals surface area contributed by atoms with E-state index in [-0.39, 0.29) is 13.0 Å². The molecular formula is C21H23N3O3S. The minimum Gasteiger partial charge on any atom is -0.481 e. The summed E-state index contributed by atoms with van der Waals surface area (Å²) in [5, 5.41) is 21.4. The van der Waals surface area contributed by atoms with E-state index in [0.717, 1.165) is 44.5 Å². The number of carboxylic acid groups (broad SMARTS) is 1. The van der Waals surface area contributed by atoms with E-state index < -0.39 is 5.97 Å². The number of aliphatic hydroxyl groups excluding tert-OH is 1. The van der Waals surface area contributed by atoms with E-state index in [9.17, 15) is 4.79 Å². The first kappa shape index (κ1) is 20.0. The highest BCUT2D eigenvalue weighted by Gasteiger charge is 2.14. The van der Waals surface area contributed by atoms with Gasteiger partial charge in [-0.25, -0.2) is 9.97 Å². The first-order valence-corrected chi connectivity index (χ1v) is 9.97. The molecule has 0 spiro atoms. The van der Waals surface area contributed by atoms with Crippen LogP contribution in [-0.4, -0.2) is 32.8 Å². The summed E-state index contributed by atoms with van der Waals surface area (Å²) < 4.78 is 0. The highest BCUT2D eigenvalue weighted by Crippen LogP contribution is 2.30. The molecule has 0 saturated heterocycles. The maximum Gasteiger partial charge on any atom is 0.307 e. The van der Waals surface area contributed by atoms with Gasteiger partial charge in [0.1, 0.15) is 5.82 Å². The lowest BCUT2D eigenvalue weighted by Crippen LogP contribution is -2.05. The fourth-order valence-corrected chi connectivity index (χ4v) is 3.92. The number of thiophene rings is 1. The van der Waals surface area contributed by atoms with Crippen molar-refractivity contribution in [3.63, 3.8) is 0 Å². The van der Waals surface area contributed by atoms with Gasteiger partial charge in [0.15, 0.2) is 5.82 Å². The average molecular weight is 398 g/mol. The van der Waals surface area contributed by atoms with Gasteiger partial charge < -0.3 is 15.5 Å². The van der Waals surface area contributed by atoms with E-state index in [4.69, 9.17) is 15.2 Å². The second-order valence-corrected chi connectivity index (χ2v) is 7.61. The first-order valence-electron chi connectivity index (χ1n) is 9.15. The normalized spacial score (nSPS) is 10.8. The second kappa shape index (κ2) is 8.95. The molecule has 0 aliphatic heterocycles. The number of carbonyl (C=O) groups is 1. The SMILES string of the molecule is CCc1c(C)nc(-c2ccc(CCO)s2)nc1Nc1ccc(CC(=O)O)cc1.